The molecule has 0 amide bonds. The third-order valence-corrected chi connectivity index (χ3v) is 7.25. The van der Waals surface area contributed by atoms with E-state index < -0.39 is 15.7 Å². The van der Waals surface area contributed by atoms with E-state index in [1.54, 1.807) is 12.3 Å². The second-order valence-corrected chi connectivity index (χ2v) is 10.9. The lowest BCUT2D eigenvalue weighted by molar-refractivity contribution is 0.413. The Morgan fingerprint density at radius 3 is 2.60 bits per heavy atom. The van der Waals surface area contributed by atoms with Gasteiger partial charge in [-0.2, -0.15) is 0 Å². The summed E-state index contributed by atoms with van der Waals surface area (Å²) in [5.41, 5.74) is 1.64. The Bertz CT molecular complexity index is 1060. The van der Waals surface area contributed by atoms with Crippen LogP contribution in [0, 0.1) is 11.7 Å². The predicted molar refractivity (Wildman–Crippen MR) is 117 cm³/mol. The molecule has 2 aliphatic rings. The molecule has 0 radical (unpaired) electrons. The zero-order valence-corrected chi connectivity index (χ0v) is 18.9. The Labute approximate surface area is 182 Å². The van der Waals surface area contributed by atoms with Crippen LogP contribution in [0.5, 0.6) is 0 Å². The Hall–Kier alpha value is -1.93. The van der Waals surface area contributed by atoms with Crippen molar-refractivity contribution < 1.29 is 12.8 Å². The van der Waals surface area contributed by atoms with Gasteiger partial charge in [0.25, 0.3) is 0 Å². The summed E-state index contributed by atoms with van der Waals surface area (Å²) in [6.07, 6.45) is 4.95. The minimum Gasteiger partial charge on any atom is -0.368 e. The first-order valence-corrected chi connectivity index (χ1v) is 12.5. The van der Waals surface area contributed by atoms with E-state index in [0.717, 1.165) is 24.8 Å². The molecule has 0 bridgehead atoms. The summed E-state index contributed by atoms with van der Waals surface area (Å²) < 4.78 is 37.9. The Morgan fingerprint density at radius 2 is 1.97 bits per heavy atom. The second-order valence-electron chi connectivity index (χ2n) is 8.52. The molecule has 162 valence electrons. The van der Waals surface area contributed by atoms with Crippen molar-refractivity contribution in [1.29, 1.82) is 0 Å². The molecular formula is C21H26ClFN4O2S. The molecule has 1 saturated heterocycles. The first kappa shape index (κ1) is 21.3. The normalized spacial score (nSPS) is 20.1. The van der Waals surface area contributed by atoms with Crippen molar-refractivity contribution in [3.05, 3.63) is 40.9 Å². The maximum absolute atomic E-state index is 14.0. The molecule has 6 nitrogen and oxygen atoms in total. The van der Waals surface area contributed by atoms with Crippen LogP contribution in [0.15, 0.2) is 29.3 Å². The fourth-order valence-electron chi connectivity index (χ4n) is 3.99. The van der Waals surface area contributed by atoms with E-state index in [-0.39, 0.29) is 10.9 Å². The quantitative estimate of drug-likeness (QED) is 0.685. The van der Waals surface area contributed by atoms with Gasteiger partial charge in [-0.25, -0.2) is 22.8 Å². The van der Waals surface area contributed by atoms with Crippen LogP contribution in [0.4, 0.5) is 16.0 Å². The van der Waals surface area contributed by atoms with Crippen molar-refractivity contribution in [3.8, 4) is 0 Å². The number of anilines is 2. The molecule has 2 heterocycles. The van der Waals surface area contributed by atoms with Gasteiger partial charge >= 0.3 is 0 Å². The van der Waals surface area contributed by atoms with E-state index in [1.165, 1.54) is 12.1 Å². The average molecular weight is 453 g/mol. The van der Waals surface area contributed by atoms with E-state index in [0.29, 0.717) is 48.1 Å². The van der Waals surface area contributed by atoms with Crippen LogP contribution in [-0.4, -0.2) is 50.3 Å². The van der Waals surface area contributed by atoms with Crippen molar-refractivity contribution in [2.24, 2.45) is 5.92 Å². The fraction of sp³-hybridized carbons (Fsp3) is 0.524. The van der Waals surface area contributed by atoms with Gasteiger partial charge < -0.3 is 9.80 Å². The summed E-state index contributed by atoms with van der Waals surface area (Å²) in [5.74, 6) is 0.719. The summed E-state index contributed by atoms with van der Waals surface area (Å²) in [4.78, 5) is 13.3. The topological polar surface area (TPSA) is 66.4 Å². The lowest BCUT2D eigenvalue weighted by Crippen LogP contribution is -2.56. The molecule has 9 heteroatoms. The van der Waals surface area contributed by atoms with Crippen LogP contribution in [0.25, 0.3) is 0 Å². The lowest BCUT2D eigenvalue weighted by Gasteiger charge is -2.44. The maximum atomic E-state index is 14.0. The van der Waals surface area contributed by atoms with Crippen molar-refractivity contribution in [1.82, 2.24) is 9.97 Å². The highest BCUT2D eigenvalue weighted by Crippen LogP contribution is 2.42. The number of halogens is 2. The molecular weight excluding hydrogens is 427 g/mol. The highest BCUT2D eigenvalue weighted by molar-refractivity contribution is 7.90. The third-order valence-electron chi connectivity index (χ3n) is 5.85. The van der Waals surface area contributed by atoms with E-state index in [2.05, 4.69) is 28.6 Å². The Morgan fingerprint density at radius 1 is 1.23 bits per heavy atom. The van der Waals surface area contributed by atoms with Crippen LogP contribution in [0.1, 0.15) is 38.3 Å². The number of nitrogens with zero attached hydrogens (tertiary/aromatic N) is 4. The second kappa shape index (κ2) is 7.96. The number of hydrogen-bond donors (Lipinski definition) is 0. The van der Waals surface area contributed by atoms with Crippen molar-refractivity contribution in [2.45, 2.75) is 43.5 Å². The molecule has 1 unspecified atom stereocenters. The highest BCUT2D eigenvalue weighted by Gasteiger charge is 2.34. The lowest BCUT2D eigenvalue weighted by atomic mass is 9.99. The third kappa shape index (κ3) is 4.25. The minimum atomic E-state index is -3.63. The van der Waals surface area contributed by atoms with Gasteiger partial charge in [-0.15, -0.1) is 0 Å². The van der Waals surface area contributed by atoms with Gasteiger partial charge in [0.15, 0.2) is 9.84 Å². The smallest absolute Gasteiger partial charge is 0.226 e. The molecule has 4 rings (SSSR count). The van der Waals surface area contributed by atoms with Gasteiger partial charge in [-0.3, -0.25) is 0 Å². The molecule has 1 aliphatic carbocycles. The Kier molecular flexibility index (Phi) is 5.66. The van der Waals surface area contributed by atoms with E-state index >= 15 is 0 Å². The number of hydrogen-bond acceptors (Lipinski definition) is 6. The SMILES string of the molecule is CC(C)C1CN(c2ccc(F)c(S(C)(=O)=O)c2)CCN1c1ncc(Cl)c(C2CC2)n1. The van der Waals surface area contributed by atoms with Crippen molar-refractivity contribution in [3.63, 3.8) is 0 Å². The Balaban J connectivity index is 1.61. The van der Waals surface area contributed by atoms with Crippen LogP contribution < -0.4 is 9.80 Å². The summed E-state index contributed by atoms with van der Waals surface area (Å²) in [7, 11) is -3.63. The number of benzene rings is 1. The number of piperazine rings is 1. The molecule has 2 fully saturated rings. The van der Waals surface area contributed by atoms with Crippen LogP contribution in [-0.2, 0) is 9.84 Å². The van der Waals surface area contributed by atoms with E-state index in [9.17, 15) is 12.8 Å². The van der Waals surface area contributed by atoms with Gasteiger partial charge in [-0.1, -0.05) is 25.4 Å². The largest absolute Gasteiger partial charge is 0.368 e. The van der Waals surface area contributed by atoms with Gasteiger partial charge in [0.05, 0.1) is 23.0 Å². The first-order chi connectivity index (χ1) is 14.1. The predicted octanol–water partition coefficient (Wildman–Crippen LogP) is 3.90. The molecule has 1 atom stereocenters. The van der Waals surface area contributed by atoms with Gasteiger partial charge in [0.2, 0.25) is 5.95 Å². The molecule has 1 aromatic carbocycles. The molecule has 0 N–H and O–H groups in total. The van der Waals surface area contributed by atoms with E-state index in [1.807, 2.05) is 0 Å². The first-order valence-electron chi connectivity index (χ1n) is 10.2. The van der Waals surface area contributed by atoms with Crippen LogP contribution >= 0.6 is 11.6 Å². The molecule has 0 spiro atoms. The standard InChI is InChI=1S/C21H26ClFN4O2S/c1-13(2)18-12-26(15-6-7-17(23)19(10-15)30(3,28)29)8-9-27(18)21-24-11-16(22)20(25-21)14-4-5-14/h6-7,10-11,13-14,18H,4-5,8-9,12H2,1-3H3. The average Bonchev–Trinajstić information content (AvgIpc) is 3.52. The molecule has 30 heavy (non-hydrogen) atoms. The van der Waals surface area contributed by atoms with Gasteiger partial charge in [0.1, 0.15) is 10.7 Å². The molecule has 1 aromatic heterocycles. The highest BCUT2D eigenvalue weighted by atomic mass is 35.5. The number of aromatic nitrogens is 2. The summed E-state index contributed by atoms with van der Waals surface area (Å²) in [6, 6.07) is 4.42. The number of rotatable bonds is 5. The molecule has 1 aliphatic heterocycles. The fourth-order valence-corrected chi connectivity index (χ4v) is 4.99. The molecule has 1 saturated carbocycles. The summed E-state index contributed by atoms with van der Waals surface area (Å²) in [5, 5.41) is 0.626. The minimum absolute atomic E-state index is 0.124. The van der Waals surface area contributed by atoms with E-state index in [4.69, 9.17) is 16.6 Å². The molecule has 2 aromatic rings. The van der Waals surface area contributed by atoms with Crippen LogP contribution in [0.2, 0.25) is 5.02 Å². The van der Waals surface area contributed by atoms with Crippen molar-refractivity contribution >= 4 is 33.1 Å². The maximum Gasteiger partial charge on any atom is 0.226 e. The summed E-state index contributed by atoms with van der Waals surface area (Å²) >= 11 is 6.31. The van der Waals surface area contributed by atoms with Gasteiger partial charge in [-0.05, 0) is 37.0 Å². The zero-order valence-electron chi connectivity index (χ0n) is 17.3. The summed E-state index contributed by atoms with van der Waals surface area (Å²) in [6.45, 7) is 6.29. The monoisotopic (exact) mass is 452 g/mol. The number of sulfone groups is 1. The zero-order chi connectivity index (χ0) is 21.6. The van der Waals surface area contributed by atoms with Crippen molar-refractivity contribution in [2.75, 3.05) is 35.7 Å². The van der Waals surface area contributed by atoms with Gasteiger partial charge in [0, 0.05) is 37.5 Å². The van der Waals surface area contributed by atoms with Crippen LogP contribution in [0.3, 0.4) is 0 Å².